The predicted octanol–water partition coefficient (Wildman–Crippen LogP) is 0.563. The maximum Gasteiger partial charge on any atom is 0.356 e. The van der Waals surface area contributed by atoms with Gasteiger partial charge in [-0.15, -0.1) is 10.2 Å². The number of carboxylic acids is 1. The standard InChI is InChI=1S/C11H18N4O2/c1-14(2)7-4-8-15(3)10-6-5-9(11(16)17)12-13-10/h5-6H,4,7-8H2,1-3H3,(H,16,17). The van der Waals surface area contributed by atoms with Gasteiger partial charge in [0, 0.05) is 13.6 Å². The number of nitrogens with zero attached hydrogens (tertiary/aromatic N) is 4. The summed E-state index contributed by atoms with van der Waals surface area (Å²) in [6, 6.07) is 3.14. The van der Waals surface area contributed by atoms with Gasteiger partial charge < -0.3 is 14.9 Å². The van der Waals surface area contributed by atoms with Crippen molar-refractivity contribution < 1.29 is 9.90 Å². The molecule has 94 valence electrons. The van der Waals surface area contributed by atoms with Crippen LogP contribution in [0.1, 0.15) is 16.9 Å². The van der Waals surface area contributed by atoms with Crippen LogP contribution in [0.3, 0.4) is 0 Å². The van der Waals surface area contributed by atoms with Crippen molar-refractivity contribution in [2.45, 2.75) is 6.42 Å². The highest BCUT2D eigenvalue weighted by Crippen LogP contribution is 2.07. The largest absolute Gasteiger partial charge is 0.476 e. The van der Waals surface area contributed by atoms with Crippen molar-refractivity contribution in [3.05, 3.63) is 17.8 Å². The first-order valence-corrected chi connectivity index (χ1v) is 5.43. The molecule has 0 amide bonds. The molecule has 6 nitrogen and oxygen atoms in total. The van der Waals surface area contributed by atoms with Crippen LogP contribution in [0.4, 0.5) is 5.82 Å². The monoisotopic (exact) mass is 238 g/mol. The van der Waals surface area contributed by atoms with Crippen LogP contribution in [0.5, 0.6) is 0 Å². The smallest absolute Gasteiger partial charge is 0.356 e. The molecule has 0 fully saturated rings. The minimum Gasteiger partial charge on any atom is -0.476 e. The van der Waals surface area contributed by atoms with Crippen molar-refractivity contribution in [3.63, 3.8) is 0 Å². The van der Waals surface area contributed by atoms with Crippen molar-refractivity contribution in [1.29, 1.82) is 0 Å². The molecule has 6 heteroatoms. The van der Waals surface area contributed by atoms with Crippen molar-refractivity contribution in [1.82, 2.24) is 15.1 Å². The second-order valence-electron chi connectivity index (χ2n) is 4.16. The van der Waals surface area contributed by atoms with E-state index in [2.05, 4.69) is 15.1 Å². The molecule has 0 atom stereocenters. The van der Waals surface area contributed by atoms with E-state index in [0.29, 0.717) is 5.82 Å². The van der Waals surface area contributed by atoms with Crippen LogP contribution in [-0.4, -0.2) is 60.4 Å². The van der Waals surface area contributed by atoms with Gasteiger partial charge in [0.1, 0.15) is 0 Å². The third-order valence-electron chi connectivity index (χ3n) is 2.36. The van der Waals surface area contributed by atoms with Crippen molar-refractivity contribution in [3.8, 4) is 0 Å². The quantitative estimate of drug-likeness (QED) is 0.781. The van der Waals surface area contributed by atoms with E-state index in [-0.39, 0.29) is 5.69 Å². The van der Waals surface area contributed by atoms with Gasteiger partial charge in [-0.25, -0.2) is 4.79 Å². The zero-order chi connectivity index (χ0) is 12.8. The highest BCUT2D eigenvalue weighted by molar-refractivity contribution is 5.85. The normalized spacial score (nSPS) is 10.6. The van der Waals surface area contributed by atoms with Gasteiger partial charge in [-0.2, -0.15) is 0 Å². The van der Waals surface area contributed by atoms with Crippen LogP contribution >= 0.6 is 0 Å². The number of aromatic carboxylic acids is 1. The maximum atomic E-state index is 10.6. The first kappa shape index (κ1) is 13.4. The Balaban J connectivity index is 2.51. The lowest BCUT2D eigenvalue weighted by Gasteiger charge is -2.18. The van der Waals surface area contributed by atoms with Gasteiger partial charge in [-0.3, -0.25) is 0 Å². The molecule has 0 aliphatic rings. The fourth-order valence-electron chi connectivity index (χ4n) is 1.38. The Labute approximate surface area is 101 Å². The van der Waals surface area contributed by atoms with Crippen LogP contribution in [0.25, 0.3) is 0 Å². The molecule has 1 aromatic rings. The van der Waals surface area contributed by atoms with Gasteiger partial charge in [-0.05, 0) is 39.2 Å². The van der Waals surface area contributed by atoms with Gasteiger partial charge in [0.2, 0.25) is 0 Å². The van der Waals surface area contributed by atoms with Crippen LogP contribution < -0.4 is 4.90 Å². The van der Waals surface area contributed by atoms with E-state index in [4.69, 9.17) is 5.11 Å². The van der Waals surface area contributed by atoms with E-state index in [1.807, 2.05) is 26.0 Å². The molecule has 1 rings (SSSR count). The van der Waals surface area contributed by atoms with Gasteiger partial charge >= 0.3 is 5.97 Å². The highest BCUT2D eigenvalue weighted by atomic mass is 16.4. The van der Waals surface area contributed by atoms with Crippen molar-refractivity contribution in [2.75, 3.05) is 39.1 Å². The average Bonchev–Trinajstić information content (AvgIpc) is 2.28. The molecule has 0 saturated heterocycles. The third-order valence-corrected chi connectivity index (χ3v) is 2.36. The Hall–Kier alpha value is -1.69. The zero-order valence-corrected chi connectivity index (χ0v) is 10.4. The van der Waals surface area contributed by atoms with Crippen LogP contribution in [-0.2, 0) is 0 Å². The Kier molecular flexibility index (Phi) is 4.84. The van der Waals surface area contributed by atoms with Crippen LogP contribution in [0.15, 0.2) is 12.1 Å². The fourth-order valence-corrected chi connectivity index (χ4v) is 1.38. The fraction of sp³-hybridized carbons (Fsp3) is 0.545. The molecule has 0 saturated carbocycles. The number of anilines is 1. The first-order valence-electron chi connectivity index (χ1n) is 5.43. The molecule has 0 radical (unpaired) electrons. The molecule has 0 bridgehead atoms. The molecular formula is C11H18N4O2. The molecule has 0 aliphatic heterocycles. The molecule has 0 unspecified atom stereocenters. The van der Waals surface area contributed by atoms with Crippen LogP contribution in [0.2, 0.25) is 0 Å². The Morgan fingerprint density at radius 3 is 2.41 bits per heavy atom. The van der Waals surface area contributed by atoms with Crippen molar-refractivity contribution >= 4 is 11.8 Å². The molecule has 17 heavy (non-hydrogen) atoms. The van der Waals surface area contributed by atoms with Gasteiger partial charge in [0.05, 0.1) is 0 Å². The van der Waals surface area contributed by atoms with Crippen LogP contribution in [0, 0.1) is 0 Å². The summed E-state index contributed by atoms with van der Waals surface area (Å²) in [6.07, 6.45) is 1.02. The minimum atomic E-state index is -1.06. The third kappa shape index (κ3) is 4.36. The van der Waals surface area contributed by atoms with Gasteiger partial charge in [-0.1, -0.05) is 0 Å². The van der Waals surface area contributed by atoms with Gasteiger partial charge in [0.15, 0.2) is 11.5 Å². The topological polar surface area (TPSA) is 69.6 Å². The predicted molar refractivity (Wildman–Crippen MR) is 65.4 cm³/mol. The SMILES string of the molecule is CN(C)CCCN(C)c1ccc(C(=O)O)nn1. The highest BCUT2D eigenvalue weighted by Gasteiger charge is 2.07. The summed E-state index contributed by atoms with van der Waals surface area (Å²) >= 11 is 0. The van der Waals surface area contributed by atoms with Crippen molar-refractivity contribution in [2.24, 2.45) is 0 Å². The summed E-state index contributed by atoms with van der Waals surface area (Å²) in [5.74, 6) is -0.368. The van der Waals surface area contributed by atoms with Gasteiger partial charge in [0.25, 0.3) is 0 Å². The average molecular weight is 238 g/mol. The second kappa shape index (κ2) is 6.15. The summed E-state index contributed by atoms with van der Waals surface area (Å²) in [5.41, 5.74) is -0.0320. The first-order chi connectivity index (χ1) is 8.00. The number of aromatic nitrogens is 2. The maximum absolute atomic E-state index is 10.6. The number of rotatable bonds is 6. The Bertz CT molecular complexity index is 364. The molecule has 0 spiro atoms. The molecule has 0 aliphatic carbocycles. The number of hydrogen-bond acceptors (Lipinski definition) is 5. The molecule has 0 aromatic carbocycles. The molecule has 1 heterocycles. The lowest BCUT2D eigenvalue weighted by atomic mass is 10.3. The summed E-state index contributed by atoms with van der Waals surface area (Å²) in [7, 11) is 5.98. The number of carbonyl (C=O) groups is 1. The zero-order valence-electron chi connectivity index (χ0n) is 10.4. The van der Waals surface area contributed by atoms with E-state index in [0.717, 1.165) is 19.5 Å². The summed E-state index contributed by atoms with van der Waals surface area (Å²) in [6.45, 7) is 1.87. The number of carboxylic acid groups (broad SMARTS) is 1. The summed E-state index contributed by atoms with van der Waals surface area (Å²) in [5, 5.41) is 16.2. The second-order valence-corrected chi connectivity index (χ2v) is 4.16. The summed E-state index contributed by atoms with van der Waals surface area (Å²) in [4.78, 5) is 14.7. The lowest BCUT2D eigenvalue weighted by Crippen LogP contribution is -2.24. The molecule has 1 N–H and O–H groups in total. The lowest BCUT2D eigenvalue weighted by molar-refractivity contribution is 0.0689. The van der Waals surface area contributed by atoms with E-state index in [9.17, 15) is 4.79 Å². The Morgan fingerprint density at radius 1 is 1.24 bits per heavy atom. The number of hydrogen-bond donors (Lipinski definition) is 1. The van der Waals surface area contributed by atoms with E-state index < -0.39 is 5.97 Å². The molecule has 1 aromatic heterocycles. The molecular weight excluding hydrogens is 220 g/mol. The summed E-state index contributed by atoms with van der Waals surface area (Å²) < 4.78 is 0. The van der Waals surface area contributed by atoms with E-state index >= 15 is 0 Å². The van der Waals surface area contributed by atoms with E-state index in [1.54, 1.807) is 6.07 Å². The minimum absolute atomic E-state index is 0.0320. The Morgan fingerprint density at radius 2 is 1.94 bits per heavy atom. The van der Waals surface area contributed by atoms with E-state index in [1.165, 1.54) is 6.07 Å².